The summed E-state index contributed by atoms with van der Waals surface area (Å²) in [7, 11) is 1.61. The molecule has 0 radical (unpaired) electrons. The number of aromatic nitrogens is 1. The Balaban J connectivity index is 1.79. The molecular formula is C14H24N2O2S. The lowest BCUT2D eigenvalue weighted by Crippen LogP contribution is -2.25. The molecule has 1 aromatic heterocycles. The first-order chi connectivity index (χ1) is 9.20. The molecule has 0 fully saturated rings. The predicted molar refractivity (Wildman–Crippen MR) is 77.7 cm³/mol. The predicted octanol–water partition coefficient (Wildman–Crippen LogP) is 2.07. The highest BCUT2D eigenvalue weighted by Gasteiger charge is 2.18. The molecule has 1 aliphatic rings. The molecule has 5 heteroatoms. The van der Waals surface area contributed by atoms with Gasteiger partial charge in [0.2, 0.25) is 0 Å². The van der Waals surface area contributed by atoms with Crippen molar-refractivity contribution in [2.45, 2.75) is 51.2 Å². The third kappa shape index (κ3) is 4.24. The molecule has 0 aliphatic heterocycles. The largest absolute Gasteiger partial charge is 0.391 e. The zero-order valence-electron chi connectivity index (χ0n) is 11.8. The Kier molecular flexibility index (Phi) is 5.76. The maximum atomic E-state index is 9.59. The number of thiazole rings is 1. The van der Waals surface area contributed by atoms with Crippen LogP contribution in [0.1, 0.15) is 47.8 Å². The van der Waals surface area contributed by atoms with Crippen LogP contribution in [0.3, 0.4) is 0 Å². The highest BCUT2D eigenvalue weighted by atomic mass is 32.1. The molecule has 0 saturated carbocycles. The summed E-state index contributed by atoms with van der Waals surface area (Å²) in [5, 5.41) is 14.2. The minimum Gasteiger partial charge on any atom is -0.391 e. The summed E-state index contributed by atoms with van der Waals surface area (Å²) in [4.78, 5) is 6.23. The van der Waals surface area contributed by atoms with Crippen LogP contribution in [-0.4, -0.2) is 36.5 Å². The first-order valence-corrected chi connectivity index (χ1v) is 7.91. The molecule has 0 spiro atoms. The zero-order valence-corrected chi connectivity index (χ0v) is 12.6. The van der Waals surface area contributed by atoms with Crippen molar-refractivity contribution in [3.8, 4) is 0 Å². The van der Waals surface area contributed by atoms with Gasteiger partial charge in [-0.05, 0) is 45.6 Å². The van der Waals surface area contributed by atoms with Gasteiger partial charge in [0.15, 0.2) is 0 Å². The maximum Gasteiger partial charge on any atom is 0.110 e. The van der Waals surface area contributed by atoms with Gasteiger partial charge in [-0.1, -0.05) is 0 Å². The topological polar surface area (TPSA) is 54.4 Å². The lowest BCUT2D eigenvalue weighted by molar-refractivity contribution is 0.0590. The number of ether oxygens (including phenoxy) is 1. The Labute approximate surface area is 119 Å². The molecule has 0 saturated heterocycles. The fraction of sp³-hybridized carbons (Fsp3) is 0.786. The number of methoxy groups -OCH3 is 1. The number of fused-ring (bicyclic) bond motifs is 1. The van der Waals surface area contributed by atoms with E-state index in [1.54, 1.807) is 7.11 Å². The molecule has 19 heavy (non-hydrogen) atoms. The first-order valence-electron chi connectivity index (χ1n) is 7.09. The van der Waals surface area contributed by atoms with Gasteiger partial charge in [0.25, 0.3) is 0 Å². The molecule has 1 aliphatic carbocycles. The van der Waals surface area contributed by atoms with Gasteiger partial charge in [-0.2, -0.15) is 0 Å². The second-order valence-electron chi connectivity index (χ2n) is 5.20. The molecular weight excluding hydrogens is 260 g/mol. The highest BCUT2D eigenvalue weighted by molar-refractivity contribution is 7.11. The molecule has 0 bridgehead atoms. The molecule has 4 nitrogen and oxygen atoms in total. The Morgan fingerprint density at radius 3 is 2.95 bits per heavy atom. The maximum absolute atomic E-state index is 9.59. The van der Waals surface area contributed by atoms with Crippen molar-refractivity contribution in [2.75, 3.05) is 20.3 Å². The normalized spacial score (nSPS) is 18.1. The number of aryl methyl sites for hydroxylation is 2. The quantitative estimate of drug-likeness (QED) is 0.805. The molecule has 108 valence electrons. The number of hydrogen-bond acceptors (Lipinski definition) is 5. The van der Waals surface area contributed by atoms with Crippen LogP contribution in [-0.2, 0) is 17.6 Å². The van der Waals surface area contributed by atoms with Crippen LogP contribution in [0.5, 0.6) is 0 Å². The van der Waals surface area contributed by atoms with Gasteiger partial charge < -0.3 is 15.2 Å². The second-order valence-corrected chi connectivity index (χ2v) is 6.32. The Morgan fingerprint density at radius 1 is 1.42 bits per heavy atom. The van der Waals surface area contributed by atoms with E-state index in [9.17, 15) is 5.11 Å². The number of hydrogen-bond donors (Lipinski definition) is 2. The minimum absolute atomic E-state index is 0.269. The van der Waals surface area contributed by atoms with Crippen molar-refractivity contribution in [3.05, 3.63) is 15.6 Å². The van der Waals surface area contributed by atoms with Crippen molar-refractivity contribution in [2.24, 2.45) is 0 Å². The van der Waals surface area contributed by atoms with Crippen molar-refractivity contribution in [3.63, 3.8) is 0 Å². The fourth-order valence-electron chi connectivity index (χ4n) is 2.39. The van der Waals surface area contributed by atoms with Gasteiger partial charge in [-0.3, -0.25) is 0 Å². The Hall–Kier alpha value is -0.490. The van der Waals surface area contributed by atoms with Gasteiger partial charge in [-0.25, -0.2) is 4.98 Å². The van der Waals surface area contributed by atoms with E-state index >= 15 is 0 Å². The number of aliphatic hydroxyl groups is 1. The van der Waals surface area contributed by atoms with E-state index in [1.165, 1.54) is 34.8 Å². The van der Waals surface area contributed by atoms with Crippen LogP contribution in [0.15, 0.2) is 0 Å². The Bertz CT molecular complexity index is 371. The molecule has 0 aromatic carbocycles. The third-order valence-corrected chi connectivity index (χ3v) is 4.86. The van der Waals surface area contributed by atoms with Gasteiger partial charge in [0, 0.05) is 12.0 Å². The summed E-state index contributed by atoms with van der Waals surface area (Å²) in [5.41, 5.74) is 1.32. The molecule has 2 N–H and O–H groups in total. The van der Waals surface area contributed by atoms with E-state index in [0.29, 0.717) is 13.0 Å². The molecule has 1 aromatic rings. The van der Waals surface area contributed by atoms with Crippen LogP contribution in [0.25, 0.3) is 0 Å². The summed E-state index contributed by atoms with van der Waals surface area (Å²) >= 11 is 1.85. The highest BCUT2D eigenvalue weighted by Crippen LogP contribution is 2.29. The van der Waals surface area contributed by atoms with E-state index in [2.05, 4.69) is 12.2 Å². The smallest absolute Gasteiger partial charge is 0.110 e. The lowest BCUT2D eigenvalue weighted by Gasteiger charge is -2.13. The Morgan fingerprint density at radius 2 is 2.21 bits per heavy atom. The number of nitrogens with zero attached hydrogens (tertiary/aromatic N) is 1. The molecule has 0 amide bonds. The summed E-state index contributed by atoms with van der Waals surface area (Å²) in [6.07, 6.45) is 5.26. The van der Waals surface area contributed by atoms with E-state index in [-0.39, 0.29) is 12.1 Å². The van der Waals surface area contributed by atoms with Crippen LogP contribution >= 0.6 is 11.3 Å². The SMILES string of the molecule is COCC(O)CCNC(C)c1nc2c(s1)CCCC2. The lowest BCUT2D eigenvalue weighted by atomic mass is 10.0. The van der Waals surface area contributed by atoms with E-state index in [4.69, 9.17) is 9.72 Å². The minimum atomic E-state index is -0.380. The average Bonchev–Trinajstić information content (AvgIpc) is 2.82. The summed E-state index contributed by atoms with van der Waals surface area (Å²) < 4.78 is 4.91. The van der Waals surface area contributed by atoms with E-state index < -0.39 is 0 Å². The van der Waals surface area contributed by atoms with Crippen molar-refractivity contribution in [1.82, 2.24) is 10.3 Å². The number of aliphatic hydroxyl groups excluding tert-OH is 1. The van der Waals surface area contributed by atoms with Crippen molar-refractivity contribution in [1.29, 1.82) is 0 Å². The summed E-state index contributed by atoms with van der Waals surface area (Å²) in [5.74, 6) is 0. The van der Waals surface area contributed by atoms with Crippen molar-refractivity contribution >= 4 is 11.3 Å². The van der Waals surface area contributed by atoms with Gasteiger partial charge in [0.05, 0.1) is 24.4 Å². The monoisotopic (exact) mass is 284 g/mol. The van der Waals surface area contributed by atoms with Crippen LogP contribution in [0.2, 0.25) is 0 Å². The third-order valence-electron chi connectivity index (χ3n) is 3.52. The molecule has 2 unspecified atom stereocenters. The average molecular weight is 284 g/mol. The molecule has 2 rings (SSSR count). The summed E-state index contributed by atoms with van der Waals surface area (Å²) in [6, 6.07) is 0.269. The van der Waals surface area contributed by atoms with Crippen LogP contribution < -0.4 is 5.32 Å². The summed E-state index contributed by atoms with van der Waals surface area (Å²) in [6.45, 7) is 3.34. The van der Waals surface area contributed by atoms with Crippen LogP contribution in [0.4, 0.5) is 0 Å². The van der Waals surface area contributed by atoms with Gasteiger partial charge in [0.1, 0.15) is 5.01 Å². The van der Waals surface area contributed by atoms with E-state index in [1.807, 2.05) is 11.3 Å². The van der Waals surface area contributed by atoms with Gasteiger partial charge in [-0.15, -0.1) is 11.3 Å². The standard InChI is InChI=1S/C14H24N2O2S/c1-10(15-8-7-11(17)9-18-2)14-16-12-5-3-4-6-13(12)19-14/h10-11,15,17H,3-9H2,1-2H3. The van der Waals surface area contributed by atoms with E-state index in [0.717, 1.165) is 13.0 Å². The second kappa shape index (κ2) is 7.33. The zero-order chi connectivity index (χ0) is 13.7. The molecule has 1 heterocycles. The van der Waals surface area contributed by atoms with Gasteiger partial charge >= 0.3 is 0 Å². The first kappa shape index (κ1) is 14.9. The number of nitrogens with one attached hydrogen (secondary N) is 1. The number of rotatable bonds is 7. The fourth-order valence-corrected chi connectivity index (χ4v) is 3.57. The molecule has 2 atom stereocenters. The van der Waals surface area contributed by atoms with Crippen LogP contribution in [0, 0.1) is 0 Å². The van der Waals surface area contributed by atoms with Crippen molar-refractivity contribution < 1.29 is 9.84 Å².